The van der Waals surface area contributed by atoms with Gasteiger partial charge in [-0.05, 0) is 30.7 Å². The molecule has 0 spiro atoms. The second-order valence-corrected chi connectivity index (χ2v) is 5.92. The normalized spacial score (nSPS) is 11.2. The van der Waals surface area contributed by atoms with E-state index >= 15 is 0 Å². The van der Waals surface area contributed by atoms with Crippen molar-refractivity contribution in [1.82, 2.24) is 4.31 Å². The first-order valence-electron chi connectivity index (χ1n) is 6.26. The second kappa shape index (κ2) is 7.29. The van der Waals surface area contributed by atoms with Gasteiger partial charge in [0.05, 0.1) is 4.90 Å². The number of hydrogen-bond acceptors (Lipinski definition) is 3. The molecule has 0 aromatic heterocycles. The fourth-order valence-corrected chi connectivity index (χ4v) is 3.24. The van der Waals surface area contributed by atoms with Crippen molar-refractivity contribution in [2.75, 3.05) is 19.7 Å². The summed E-state index contributed by atoms with van der Waals surface area (Å²) in [5.41, 5.74) is 0.687. The Morgan fingerprint density at radius 2 is 1.84 bits per heavy atom. The van der Waals surface area contributed by atoms with Gasteiger partial charge in [-0.15, -0.1) is 0 Å². The molecule has 1 aromatic rings. The average Bonchev–Trinajstić information content (AvgIpc) is 2.42. The van der Waals surface area contributed by atoms with Crippen LogP contribution in [0.15, 0.2) is 29.2 Å². The van der Waals surface area contributed by atoms with Crippen LogP contribution in [0.3, 0.4) is 0 Å². The van der Waals surface area contributed by atoms with Crippen molar-refractivity contribution in [2.24, 2.45) is 0 Å². The maximum atomic E-state index is 12.3. The predicted molar refractivity (Wildman–Crippen MR) is 75.1 cm³/mol. The lowest BCUT2D eigenvalue weighted by Crippen LogP contribution is -2.31. The Labute approximate surface area is 115 Å². The molecule has 0 aliphatic carbocycles. The predicted octanol–water partition coefficient (Wildman–Crippen LogP) is 1.45. The molecule has 0 unspecified atom stereocenters. The summed E-state index contributed by atoms with van der Waals surface area (Å²) >= 11 is 0. The Bertz CT molecular complexity index is 553. The van der Waals surface area contributed by atoms with Crippen molar-refractivity contribution in [3.05, 3.63) is 29.8 Å². The van der Waals surface area contributed by atoms with E-state index in [1.807, 2.05) is 13.8 Å². The highest BCUT2D eigenvalue weighted by Gasteiger charge is 2.21. The summed E-state index contributed by atoms with van der Waals surface area (Å²) in [6.45, 7) is 4.55. The van der Waals surface area contributed by atoms with Crippen LogP contribution in [0.25, 0.3) is 0 Å². The molecular formula is C14H19NO3S. The number of benzene rings is 1. The fourth-order valence-electron chi connectivity index (χ4n) is 1.70. The SMILES string of the molecule is CCCN(CC)S(=O)(=O)c1ccc(C#CCO)cc1. The monoisotopic (exact) mass is 281 g/mol. The van der Waals surface area contributed by atoms with Crippen LogP contribution in [0.5, 0.6) is 0 Å². The lowest BCUT2D eigenvalue weighted by Gasteiger charge is -2.19. The lowest BCUT2D eigenvalue weighted by atomic mass is 10.2. The average molecular weight is 281 g/mol. The lowest BCUT2D eigenvalue weighted by molar-refractivity contribution is 0.350. The minimum absolute atomic E-state index is 0.208. The van der Waals surface area contributed by atoms with Gasteiger partial charge in [0.1, 0.15) is 6.61 Å². The molecule has 0 bridgehead atoms. The van der Waals surface area contributed by atoms with E-state index in [0.29, 0.717) is 18.7 Å². The first-order valence-corrected chi connectivity index (χ1v) is 7.70. The van der Waals surface area contributed by atoms with E-state index < -0.39 is 10.0 Å². The number of sulfonamides is 1. The van der Waals surface area contributed by atoms with E-state index in [2.05, 4.69) is 11.8 Å². The molecule has 19 heavy (non-hydrogen) atoms. The van der Waals surface area contributed by atoms with Crippen LogP contribution < -0.4 is 0 Å². The van der Waals surface area contributed by atoms with Gasteiger partial charge >= 0.3 is 0 Å². The molecule has 0 amide bonds. The molecule has 5 heteroatoms. The van der Waals surface area contributed by atoms with Crippen LogP contribution in [-0.4, -0.2) is 37.5 Å². The highest BCUT2D eigenvalue weighted by Crippen LogP contribution is 2.16. The Kier molecular flexibility index (Phi) is 6.03. The Hall–Kier alpha value is -1.35. The van der Waals surface area contributed by atoms with E-state index in [-0.39, 0.29) is 11.5 Å². The molecule has 0 fully saturated rings. The molecule has 0 saturated heterocycles. The summed E-state index contributed by atoms with van der Waals surface area (Å²) < 4.78 is 26.1. The van der Waals surface area contributed by atoms with Crippen LogP contribution in [0, 0.1) is 11.8 Å². The van der Waals surface area contributed by atoms with Crippen molar-refractivity contribution in [1.29, 1.82) is 0 Å². The number of hydrogen-bond donors (Lipinski definition) is 1. The molecule has 0 heterocycles. The Morgan fingerprint density at radius 1 is 1.21 bits per heavy atom. The third-order valence-electron chi connectivity index (χ3n) is 2.63. The van der Waals surface area contributed by atoms with Crippen molar-refractivity contribution in [3.8, 4) is 11.8 Å². The zero-order chi connectivity index (χ0) is 14.3. The summed E-state index contributed by atoms with van der Waals surface area (Å²) in [5, 5.41) is 8.60. The molecule has 0 saturated carbocycles. The minimum Gasteiger partial charge on any atom is -0.384 e. The van der Waals surface area contributed by atoms with E-state index in [1.54, 1.807) is 24.3 Å². The second-order valence-electron chi connectivity index (χ2n) is 3.98. The van der Waals surface area contributed by atoms with Gasteiger partial charge in [0.15, 0.2) is 0 Å². The van der Waals surface area contributed by atoms with E-state index in [9.17, 15) is 8.42 Å². The quantitative estimate of drug-likeness (QED) is 0.831. The van der Waals surface area contributed by atoms with Crippen LogP contribution in [0.4, 0.5) is 0 Å². The van der Waals surface area contributed by atoms with Gasteiger partial charge in [-0.1, -0.05) is 25.7 Å². The number of rotatable bonds is 5. The minimum atomic E-state index is -3.41. The number of aliphatic hydroxyl groups excluding tert-OH is 1. The fraction of sp³-hybridized carbons (Fsp3) is 0.429. The zero-order valence-corrected chi connectivity index (χ0v) is 12.1. The molecule has 1 N–H and O–H groups in total. The van der Waals surface area contributed by atoms with Gasteiger partial charge in [0.2, 0.25) is 10.0 Å². The van der Waals surface area contributed by atoms with Gasteiger partial charge in [-0.25, -0.2) is 8.42 Å². The molecular weight excluding hydrogens is 262 g/mol. The summed E-state index contributed by atoms with van der Waals surface area (Å²) in [4.78, 5) is 0.275. The first kappa shape index (κ1) is 15.7. The van der Waals surface area contributed by atoms with Crippen molar-refractivity contribution in [2.45, 2.75) is 25.2 Å². The topological polar surface area (TPSA) is 57.6 Å². The first-order chi connectivity index (χ1) is 9.06. The molecule has 0 aliphatic heterocycles. The van der Waals surface area contributed by atoms with Gasteiger partial charge < -0.3 is 5.11 Å². The van der Waals surface area contributed by atoms with Crippen molar-refractivity contribution >= 4 is 10.0 Å². The molecule has 1 aromatic carbocycles. The van der Waals surface area contributed by atoms with Gasteiger partial charge in [0, 0.05) is 18.7 Å². The maximum absolute atomic E-state index is 12.3. The van der Waals surface area contributed by atoms with Crippen LogP contribution in [-0.2, 0) is 10.0 Å². The highest BCUT2D eigenvalue weighted by molar-refractivity contribution is 7.89. The third-order valence-corrected chi connectivity index (χ3v) is 4.62. The van der Waals surface area contributed by atoms with Crippen LogP contribution in [0.1, 0.15) is 25.8 Å². The van der Waals surface area contributed by atoms with Gasteiger partial charge in [-0.3, -0.25) is 0 Å². The van der Waals surface area contributed by atoms with Gasteiger partial charge in [0.25, 0.3) is 0 Å². The molecule has 104 valence electrons. The number of nitrogens with zero attached hydrogens (tertiary/aromatic N) is 1. The summed E-state index contributed by atoms with van der Waals surface area (Å²) in [6.07, 6.45) is 0.785. The van der Waals surface area contributed by atoms with Crippen molar-refractivity contribution in [3.63, 3.8) is 0 Å². The molecule has 1 rings (SSSR count). The van der Waals surface area contributed by atoms with Crippen LogP contribution in [0.2, 0.25) is 0 Å². The van der Waals surface area contributed by atoms with Crippen LogP contribution >= 0.6 is 0 Å². The smallest absolute Gasteiger partial charge is 0.243 e. The highest BCUT2D eigenvalue weighted by atomic mass is 32.2. The Morgan fingerprint density at radius 3 is 2.32 bits per heavy atom. The van der Waals surface area contributed by atoms with E-state index in [1.165, 1.54) is 4.31 Å². The Balaban J connectivity index is 3.02. The van der Waals surface area contributed by atoms with E-state index in [4.69, 9.17) is 5.11 Å². The van der Waals surface area contributed by atoms with Crippen molar-refractivity contribution < 1.29 is 13.5 Å². The molecule has 0 atom stereocenters. The number of aliphatic hydroxyl groups is 1. The summed E-state index contributed by atoms with van der Waals surface area (Å²) in [7, 11) is -3.41. The summed E-state index contributed by atoms with van der Waals surface area (Å²) in [6, 6.07) is 6.40. The standard InChI is InChI=1S/C14H19NO3S/c1-3-11-15(4-2)19(17,18)14-9-7-13(8-10-14)6-5-12-16/h7-10,16H,3-4,11-12H2,1-2H3. The molecule has 0 radical (unpaired) electrons. The largest absolute Gasteiger partial charge is 0.384 e. The van der Waals surface area contributed by atoms with E-state index in [0.717, 1.165) is 6.42 Å². The summed E-state index contributed by atoms with van der Waals surface area (Å²) in [5.74, 6) is 5.26. The molecule has 4 nitrogen and oxygen atoms in total. The van der Waals surface area contributed by atoms with Gasteiger partial charge in [-0.2, -0.15) is 4.31 Å². The third kappa shape index (κ3) is 4.06. The zero-order valence-electron chi connectivity index (χ0n) is 11.3. The maximum Gasteiger partial charge on any atom is 0.243 e. The molecule has 0 aliphatic rings.